The summed E-state index contributed by atoms with van der Waals surface area (Å²) in [5.41, 5.74) is 2.88. The van der Waals surface area contributed by atoms with Crippen LogP contribution in [0.5, 0.6) is 0 Å². The van der Waals surface area contributed by atoms with E-state index >= 15 is 0 Å². The van der Waals surface area contributed by atoms with Crippen LogP contribution >= 0.6 is 0 Å². The molecule has 0 aliphatic heterocycles. The van der Waals surface area contributed by atoms with Gasteiger partial charge in [-0.05, 0) is 37.2 Å². The third-order valence-electron chi connectivity index (χ3n) is 3.05. The minimum absolute atomic E-state index is 0.152. The summed E-state index contributed by atoms with van der Waals surface area (Å²) >= 11 is 0. The number of nitrogens with one attached hydrogen (secondary N) is 1. The molecule has 0 heterocycles. The lowest BCUT2D eigenvalue weighted by molar-refractivity contribution is -0.384. The number of likely N-dealkylation sites (N-methyl/N-ethyl adjacent to an activating group) is 1. The molecule has 0 fully saturated rings. The molecule has 4 nitrogen and oxygen atoms in total. The van der Waals surface area contributed by atoms with Crippen LogP contribution in [0.15, 0.2) is 48.5 Å². The molecule has 2 rings (SSSR count). The molecular weight excluding hydrogens is 240 g/mol. The minimum Gasteiger partial charge on any atom is -0.319 e. The van der Waals surface area contributed by atoms with Crippen molar-refractivity contribution in [1.82, 2.24) is 5.32 Å². The summed E-state index contributed by atoms with van der Waals surface area (Å²) in [5, 5.41) is 14.2. The van der Waals surface area contributed by atoms with E-state index < -0.39 is 0 Å². The Balaban J connectivity index is 2.50. The van der Waals surface area contributed by atoms with Crippen molar-refractivity contribution in [3.8, 4) is 11.1 Å². The van der Waals surface area contributed by atoms with Gasteiger partial charge >= 0.3 is 0 Å². The topological polar surface area (TPSA) is 55.2 Å². The second-order valence-electron chi connectivity index (χ2n) is 4.28. The molecule has 0 saturated carbocycles. The Kier molecular flexibility index (Phi) is 4.26. The lowest BCUT2D eigenvalue weighted by Crippen LogP contribution is -2.10. The summed E-state index contributed by atoms with van der Waals surface area (Å²) in [7, 11) is 1.90. The predicted molar refractivity (Wildman–Crippen MR) is 76.2 cm³/mol. The number of para-hydroxylation sites is 1. The summed E-state index contributed by atoms with van der Waals surface area (Å²) in [5.74, 6) is 0. The van der Waals surface area contributed by atoms with Gasteiger partial charge in [-0.15, -0.1) is 0 Å². The van der Waals surface area contributed by atoms with Gasteiger partial charge in [0.05, 0.1) is 10.5 Å². The van der Waals surface area contributed by atoms with Gasteiger partial charge in [0.1, 0.15) is 0 Å². The van der Waals surface area contributed by atoms with Gasteiger partial charge in [-0.1, -0.05) is 36.4 Å². The Morgan fingerprint density at radius 3 is 2.37 bits per heavy atom. The van der Waals surface area contributed by atoms with Crippen LogP contribution in [0.3, 0.4) is 0 Å². The SMILES string of the molecule is CNCCc1ccccc1-c1ccccc1[N+](=O)[O-]. The van der Waals surface area contributed by atoms with Gasteiger partial charge in [0.2, 0.25) is 0 Å². The van der Waals surface area contributed by atoms with Gasteiger partial charge in [0.25, 0.3) is 5.69 Å². The zero-order chi connectivity index (χ0) is 13.7. The first-order valence-corrected chi connectivity index (χ1v) is 6.20. The van der Waals surface area contributed by atoms with Crippen molar-refractivity contribution in [2.45, 2.75) is 6.42 Å². The zero-order valence-electron chi connectivity index (χ0n) is 10.8. The monoisotopic (exact) mass is 256 g/mol. The maximum Gasteiger partial charge on any atom is 0.277 e. The van der Waals surface area contributed by atoms with Crippen LogP contribution in [0.2, 0.25) is 0 Å². The Morgan fingerprint density at radius 2 is 1.68 bits per heavy atom. The first-order valence-electron chi connectivity index (χ1n) is 6.20. The highest BCUT2D eigenvalue weighted by Gasteiger charge is 2.16. The average molecular weight is 256 g/mol. The molecule has 0 atom stereocenters. The largest absolute Gasteiger partial charge is 0.319 e. The van der Waals surface area contributed by atoms with Gasteiger partial charge in [-0.3, -0.25) is 10.1 Å². The second kappa shape index (κ2) is 6.11. The van der Waals surface area contributed by atoms with Crippen molar-refractivity contribution in [2.75, 3.05) is 13.6 Å². The quantitative estimate of drug-likeness (QED) is 0.661. The fourth-order valence-corrected chi connectivity index (χ4v) is 2.12. The fourth-order valence-electron chi connectivity index (χ4n) is 2.12. The number of hydrogen-bond acceptors (Lipinski definition) is 3. The van der Waals surface area contributed by atoms with Crippen molar-refractivity contribution in [1.29, 1.82) is 0 Å². The average Bonchev–Trinajstić information content (AvgIpc) is 2.45. The molecule has 0 aromatic heterocycles. The Hall–Kier alpha value is -2.20. The molecule has 0 bridgehead atoms. The molecule has 19 heavy (non-hydrogen) atoms. The second-order valence-corrected chi connectivity index (χ2v) is 4.28. The molecule has 1 N–H and O–H groups in total. The van der Waals surface area contributed by atoms with E-state index in [1.54, 1.807) is 18.2 Å². The highest BCUT2D eigenvalue weighted by atomic mass is 16.6. The smallest absolute Gasteiger partial charge is 0.277 e. The number of benzene rings is 2. The first kappa shape index (κ1) is 13.2. The molecule has 2 aromatic rings. The first-order chi connectivity index (χ1) is 9.24. The maximum absolute atomic E-state index is 11.1. The van der Waals surface area contributed by atoms with Gasteiger partial charge in [-0.2, -0.15) is 0 Å². The van der Waals surface area contributed by atoms with E-state index in [1.807, 2.05) is 37.4 Å². The molecule has 0 radical (unpaired) electrons. The van der Waals surface area contributed by atoms with Crippen molar-refractivity contribution in [2.24, 2.45) is 0 Å². The number of nitro groups is 1. The van der Waals surface area contributed by atoms with Gasteiger partial charge in [-0.25, -0.2) is 0 Å². The highest BCUT2D eigenvalue weighted by Crippen LogP contribution is 2.31. The summed E-state index contributed by atoms with van der Waals surface area (Å²) in [6.07, 6.45) is 0.846. The van der Waals surface area contributed by atoms with E-state index in [4.69, 9.17) is 0 Å². The number of hydrogen-bond donors (Lipinski definition) is 1. The van der Waals surface area contributed by atoms with Crippen molar-refractivity contribution < 1.29 is 4.92 Å². The maximum atomic E-state index is 11.1. The molecule has 0 saturated heterocycles. The van der Waals surface area contributed by atoms with Crippen molar-refractivity contribution in [3.05, 3.63) is 64.2 Å². The third kappa shape index (κ3) is 2.98. The van der Waals surface area contributed by atoms with E-state index in [2.05, 4.69) is 5.32 Å². The summed E-state index contributed by atoms with van der Waals surface area (Å²) in [4.78, 5) is 10.8. The Bertz CT molecular complexity index is 582. The van der Waals surface area contributed by atoms with Crippen molar-refractivity contribution in [3.63, 3.8) is 0 Å². The van der Waals surface area contributed by atoms with Crippen molar-refractivity contribution >= 4 is 5.69 Å². The fraction of sp³-hybridized carbons (Fsp3) is 0.200. The van der Waals surface area contributed by atoms with Gasteiger partial charge in [0.15, 0.2) is 0 Å². The van der Waals surface area contributed by atoms with Gasteiger partial charge < -0.3 is 5.32 Å². The molecule has 0 spiro atoms. The van der Waals surface area contributed by atoms with E-state index in [1.165, 1.54) is 0 Å². The standard InChI is InChI=1S/C15H16N2O2/c1-16-11-10-12-6-2-3-7-13(12)14-8-4-5-9-15(14)17(18)19/h2-9,16H,10-11H2,1H3. The normalized spacial score (nSPS) is 10.4. The van der Waals surface area contributed by atoms with E-state index in [0.717, 1.165) is 24.1 Å². The number of nitrogens with zero attached hydrogens (tertiary/aromatic N) is 1. The molecule has 0 aliphatic rings. The molecule has 0 aliphatic carbocycles. The molecular formula is C15H16N2O2. The summed E-state index contributed by atoms with van der Waals surface area (Å²) < 4.78 is 0. The predicted octanol–water partition coefficient (Wildman–Crippen LogP) is 3.02. The lowest BCUT2D eigenvalue weighted by atomic mass is 9.96. The van der Waals surface area contributed by atoms with E-state index in [-0.39, 0.29) is 10.6 Å². The van der Waals surface area contributed by atoms with Crippen LogP contribution in [0, 0.1) is 10.1 Å². The molecule has 0 amide bonds. The molecule has 4 heteroatoms. The Labute approximate surface area is 112 Å². The van der Waals surface area contributed by atoms with Gasteiger partial charge in [0, 0.05) is 6.07 Å². The molecule has 0 unspecified atom stereocenters. The van der Waals surface area contributed by atoms with Crippen LogP contribution in [-0.4, -0.2) is 18.5 Å². The zero-order valence-corrected chi connectivity index (χ0v) is 10.8. The summed E-state index contributed by atoms with van der Waals surface area (Å²) in [6.45, 7) is 0.845. The van der Waals surface area contributed by atoms with Crippen LogP contribution < -0.4 is 5.32 Å². The number of rotatable bonds is 5. The van der Waals surface area contributed by atoms with Crippen LogP contribution in [0.1, 0.15) is 5.56 Å². The lowest BCUT2D eigenvalue weighted by Gasteiger charge is -2.09. The Morgan fingerprint density at radius 1 is 1.05 bits per heavy atom. The molecule has 2 aromatic carbocycles. The third-order valence-corrected chi connectivity index (χ3v) is 3.05. The van der Waals surface area contributed by atoms with E-state index in [9.17, 15) is 10.1 Å². The summed E-state index contributed by atoms with van der Waals surface area (Å²) in [6, 6.07) is 14.7. The van der Waals surface area contributed by atoms with Crippen LogP contribution in [-0.2, 0) is 6.42 Å². The highest BCUT2D eigenvalue weighted by molar-refractivity contribution is 5.76. The van der Waals surface area contributed by atoms with E-state index in [0.29, 0.717) is 5.56 Å². The van der Waals surface area contributed by atoms with Crippen LogP contribution in [0.25, 0.3) is 11.1 Å². The minimum atomic E-state index is -0.329. The van der Waals surface area contributed by atoms with Crippen LogP contribution in [0.4, 0.5) is 5.69 Å². The molecule has 98 valence electrons. The number of nitro benzene ring substituents is 1.